The number of amides is 1. The van der Waals surface area contributed by atoms with Crippen LogP contribution in [0.2, 0.25) is 0 Å². The molecule has 33 heavy (non-hydrogen) atoms. The van der Waals surface area contributed by atoms with Crippen LogP contribution in [-0.2, 0) is 0 Å². The molecule has 3 heteroatoms. The zero-order chi connectivity index (χ0) is 22.5. The van der Waals surface area contributed by atoms with Crippen LogP contribution in [0.1, 0.15) is 27.5 Å². The molecule has 0 saturated carbocycles. The van der Waals surface area contributed by atoms with E-state index < -0.39 is 0 Å². The molecule has 0 unspecified atom stereocenters. The smallest absolute Gasteiger partial charge is 0.255 e. The summed E-state index contributed by atoms with van der Waals surface area (Å²) >= 11 is 0. The van der Waals surface area contributed by atoms with E-state index in [1.807, 2.05) is 97.1 Å². The molecular weight excluding hydrogens is 404 g/mol. The Hall–Kier alpha value is -4.37. The van der Waals surface area contributed by atoms with Gasteiger partial charge in [-0.05, 0) is 58.3 Å². The van der Waals surface area contributed by atoms with E-state index in [0.717, 1.165) is 22.1 Å². The molecule has 0 aromatic heterocycles. The van der Waals surface area contributed by atoms with Gasteiger partial charge in [-0.15, -0.1) is 0 Å². The van der Waals surface area contributed by atoms with Gasteiger partial charge in [0.1, 0.15) is 0 Å². The van der Waals surface area contributed by atoms with Gasteiger partial charge in [-0.25, -0.2) is 0 Å². The molecule has 0 spiro atoms. The van der Waals surface area contributed by atoms with Crippen LogP contribution in [0.3, 0.4) is 0 Å². The SMILES string of the molecule is O=C(Nc1ccc2ccccc2c1)c1ccc(NC(c2ccccc2)c2ccccc2)cc1. The fraction of sp³-hybridized carbons (Fsp3) is 0.0333. The summed E-state index contributed by atoms with van der Waals surface area (Å²) in [5.74, 6) is -0.125. The maximum absolute atomic E-state index is 12.8. The molecule has 0 heterocycles. The van der Waals surface area contributed by atoms with Crippen LogP contribution in [0.15, 0.2) is 127 Å². The number of carbonyl (C=O) groups is 1. The molecule has 0 fully saturated rings. The molecule has 5 aromatic rings. The Morgan fingerprint density at radius 1 is 0.545 bits per heavy atom. The molecule has 0 aliphatic rings. The Balaban J connectivity index is 1.33. The van der Waals surface area contributed by atoms with Gasteiger partial charge in [0.15, 0.2) is 0 Å². The summed E-state index contributed by atoms with van der Waals surface area (Å²) in [6, 6.07) is 42.4. The van der Waals surface area contributed by atoms with Crippen molar-refractivity contribution in [2.75, 3.05) is 10.6 Å². The predicted molar refractivity (Wildman–Crippen MR) is 137 cm³/mol. The van der Waals surface area contributed by atoms with Gasteiger partial charge in [0.25, 0.3) is 5.91 Å². The summed E-state index contributed by atoms with van der Waals surface area (Å²) in [6.07, 6.45) is 0. The Labute approximate surface area is 193 Å². The second-order valence-electron chi connectivity index (χ2n) is 7.99. The number of anilines is 2. The van der Waals surface area contributed by atoms with Crippen LogP contribution < -0.4 is 10.6 Å². The van der Waals surface area contributed by atoms with Gasteiger partial charge >= 0.3 is 0 Å². The lowest BCUT2D eigenvalue weighted by molar-refractivity contribution is 0.102. The van der Waals surface area contributed by atoms with Gasteiger partial charge < -0.3 is 10.6 Å². The van der Waals surface area contributed by atoms with Crippen molar-refractivity contribution in [3.63, 3.8) is 0 Å². The highest BCUT2D eigenvalue weighted by atomic mass is 16.1. The minimum Gasteiger partial charge on any atom is -0.374 e. The minimum absolute atomic E-state index is 0.0182. The van der Waals surface area contributed by atoms with Gasteiger partial charge in [-0.2, -0.15) is 0 Å². The van der Waals surface area contributed by atoms with E-state index in [0.29, 0.717) is 5.56 Å². The first-order chi connectivity index (χ1) is 16.3. The van der Waals surface area contributed by atoms with E-state index in [1.165, 1.54) is 11.1 Å². The number of nitrogens with one attached hydrogen (secondary N) is 2. The first-order valence-electron chi connectivity index (χ1n) is 11.0. The lowest BCUT2D eigenvalue weighted by Gasteiger charge is -2.21. The van der Waals surface area contributed by atoms with Crippen LogP contribution >= 0.6 is 0 Å². The Bertz CT molecular complexity index is 1320. The molecule has 160 valence electrons. The zero-order valence-corrected chi connectivity index (χ0v) is 18.1. The normalized spacial score (nSPS) is 10.8. The van der Waals surface area contributed by atoms with Crippen molar-refractivity contribution < 1.29 is 4.79 Å². The number of fused-ring (bicyclic) bond motifs is 1. The zero-order valence-electron chi connectivity index (χ0n) is 18.1. The van der Waals surface area contributed by atoms with Crippen molar-refractivity contribution in [3.8, 4) is 0 Å². The highest BCUT2D eigenvalue weighted by Gasteiger charge is 2.14. The Morgan fingerprint density at radius 3 is 1.73 bits per heavy atom. The molecule has 3 nitrogen and oxygen atoms in total. The van der Waals surface area contributed by atoms with Crippen LogP contribution in [0, 0.1) is 0 Å². The Morgan fingerprint density at radius 2 is 1.09 bits per heavy atom. The van der Waals surface area contributed by atoms with E-state index in [2.05, 4.69) is 41.0 Å². The average molecular weight is 429 g/mol. The first-order valence-corrected chi connectivity index (χ1v) is 11.0. The molecule has 5 aromatic carbocycles. The van der Waals surface area contributed by atoms with E-state index in [-0.39, 0.29) is 11.9 Å². The van der Waals surface area contributed by atoms with E-state index >= 15 is 0 Å². The van der Waals surface area contributed by atoms with Crippen molar-refractivity contribution in [1.29, 1.82) is 0 Å². The second-order valence-corrected chi connectivity index (χ2v) is 7.99. The van der Waals surface area contributed by atoms with Crippen molar-refractivity contribution in [2.45, 2.75) is 6.04 Å². The number of carbonyl (C=O) groups excluding carboxylic acids is 1. The summed E-state index contributed by atoms with van der Waals surface area (Å²) in [7, 11) is 0. The van der Waals surface area contributed by atoms with E-state index in [9.17, 15) is 4.79 Å². The third-order valence-electron chi connectivity index (χ3n) is 5.73. The predicted octanol–water partition coefficient (Wildman–Crippen LogP) is 7.29. The highest BCUT2D eigenvalue weighted by molar-refractivity contribution is 6.05. The molecule has 0 radical (unpaired) electrons. The minimum atomic E-state index is -0.125. The molecule has 2 N–H and O–H groups in total. The molecule has 0 saturated heterocycles. The van der Waals surface area contributed by atoms with Crippen LogP contribution in [0.4, 0.5) is 11.4 Å². The topological polar surface area (TPSA) is 41.1 Å². The van der Waals surface area contributed by atoms with Gasteiger partial charge in [0.05, 0.1) is 6.04 Å². The molecule has 0 aliphatic carbocycles. The number of rotatable bonds is 6. The molecule has 0 bridgehead atoms. The monoisotopic (exact) mass is 428 g/mol. The summed E-state index contributed by atoms with van der Waals surface area (Å²) in [6.45, 7) is 0. The fourth-order valence-electron chi connectivity index (χ4n) is 4.00. The second kappa shape index (κ2) is 9.41. The van der Waals surface area contributed by atoms with E-state index in [1.54, 1.807) is 0 Å². The highest BCUT2D eigenvalue weighted by Crippen LogP contribution is 2.27. The molecule has 0 aliphatic heterocycles. The van der Waals surface area contributed by atoms with Gasteiger partial charge in [-0.1, -0.05) is 91.0 Å². The van der Waals surface area contributed by atoms with Crippen LogP contribution in [0.25, 0.3) is 10.8 Å². The van der Waals surface area contributed by atoms with Crippen molar-refractivity contribution >= 4 is 28.1 Å². The number of hydrogen-bond acceptors (Lipinski definition) is 2. The van der Waals surface area contributed by atoms with Crippen molar-refractivity contribution in [3.05, 3.63) is 144 Å². The van der Waals surface area contributed by atoms with Gasteiger partial charge in [0, 0.05) is 16.9 Å². The lowest BCUT2D eigenvalue weighted by Crippen LogP contribution is -2.14. The van der Waals surface area contributed by atoms with Crippen LogP contribution in [-0.4, -0.2) is 5.91 Å². The lowest BCUT2D eigenvalue weighted by atomic mass is 9.98. The molecule has 0 atom stereocenters. The quantitative estimate of drug-likeness (QED) is 0.298. The molecule has 5 rings (SSSR count). The van der Waals surface area contributed by atoms with Gasteiger partial charge in [0.2, 0.25) is 0 Å². The maximum Gasteiger partial charge on any atom is 0.255 e. The summed E-state index contributed by atoms with van der Waals surface area (Å²) in [5, 5.41) is 8.87. The summed E-state index contributed by atoms with van der Waals surface area (Å²) in [4.78, 5) is 12.8. The van der Waals surface area contributed by atoms with Crippen molar-refractivity contribution in [1.82, 2.24) is 0 Å². The maximum atomic E-state index is 12.8. The van der Waals surface area contributed by atoms with E-state index in [4.69, 9.17) is 0 Å². The average Bonchev–Trinajstić information content (AvgIpc) is 2.88. The standard InChI is InChI=1S/C30H24N2O/c33-30(32-28-20-15-22-9-7-8-14-26(22)21-28)25-16-18-27(19-17-25)31-29(23-10-3-1-4-11-23)24-12-5-2-6-13-24/h1-21,29,31H,(H,32,33). The van der Waals surface area contributed by atoms with Crippen LogP contribution in [0.5, 0.6) is 0 Å². The third kappa shape index (κ3) is 4.78. The van der Waals surface area contributed by atoms with Gasteiger partial charge in [-0.3, -0.25) is 4.79 Å². The summed E-state index contributed by atoms with van der Waals surface area (Å²) < 4.78 is 0. The van der Waals surface area contributed by atoms with Crippen molar-refractivity contribution in [2.24, 2.45) is 0 Å². The summed E-state index contributed by atoms with van der Waals surface area (Å²) in [5.41, 5.74) is 4.72. The third-order valence-corrected chi connectivity index (χ3v) is 5.73. The fourth-order valence-corrected chi connectivity index (χ4v) is 4.00. The first kappa shape index (κ1) is 20.5. The number of benzene rings is 5. The molecular formula is C30H24N2O. The largest absolute Gasteiger partial charge is 0.374 e. The number of hydrogen-bond donors (Lipinski definition) is 2. The Kier molecular flexibility index (Phi) is 5.85. The molecule has 1 amide bonds.